The summed E-state index contributed by atoms with van der Waals surface area (Å²) >= 11 is 2.85. The number of nitrogens with zero attached hydrogens (tertiary/aromatic N) is 3. The van der Waals surface area contributed by atoms with Crippen LogP contribution in [0.2, 0.25) is 0 Å². The Hall–Kier alpha value is -1.99. The number of amidine groups is 1. The van der Waals surface area contributed by atoms with Crippen LogP contribution in [0.3, 0.4) is 0 Å². The highest BCUT2D eigenvalue weighted by molar-refractivity contribution is 8.14. The van der Waals surface area contributed by atoms with E-state index in [2.05, 4.69) is 16.2 Å². The van der Waals surface area contributed by atoms with Crippen LogP contribution in [-0.2, 0) is 0 Å². The van der Waals surface area contributed by atoms with E-state index in [0.29, 0.717) is 18.0 Å². The fourth-order valence-electron chi connectivity index (χ4n) is 2.68. The van der Waals surface area contributed by atoms with Crippen molar-refractivity contribution in [1.29, 1.82) is 0 Å². The summed E-state index contributed by atoms with van der Waals surface area (Å²) in [5.74, 6) is 0.970. The van der Waals surface area contributed by atoms with Crippen molar-refractivity contribution >= 4 is 39.9 Å². The lowest BCUT2D eigenvalue weighted by Gasteiger charge is -2.21. The van der Waals surface area contributed by atoms with E-state index in [4.69, 9.17) is 0 Å². The van der Waals surface area contributed by atoms with Gasteiger partial charge in [0.1, 0.15) is 11.7 Å². The molecule has 2 aliphatic rings. The Morgan fingerprint density at radius 3 is 2.70 bits per heavy atom. The van der Waals surface area contributed by atoms with E-state index >= 15 is 0 Å². The van der Waals surface area contributed by atoms with Crippen molar-refractivity contribution in [2.75, 3.05) is 5.75 Å². The predicted molar refractivity (Wildman–Crippen MR) is 91.7 cm³/mol. The average Bonchev–Trinajstić information content (AvgIpc) is 3.27. The van der Waals surface area contributed by atoms with Crippen molar-refractivity contribution in [3.63, 3.8) is 0 Å². The molecule has 116 valence electrons. The molecule has 23 heavy (non-hydrogen) atoms. The van der Waals surface area contributed by atoms with Crippen LogP contribution in [0.4, 0.5) is 9.18 Å². The van der Waals surface area contributed by atoms with Gasteiger partial charge in [0.15, 0.2) is 0 Å². The van der Waals surface area contributed by atoms with E-state index in [1.54, 1.807) is 23.5 Å². The highest BCUT2D eigenvalue weighted by atomic mass is 32.2. The number of hydrazone groups is 1. The SMILES string of the molecule is O=C1N=C(N2N=C(c3ccc(F)cc3)CC2c2cccs2)CS1. The molecule has 0 saturated carbocycles. The van der Waals surface area contributed by atoms with Gasteiger partial charge in [-0.05, 0) is 29.1 Å². The van der Waals surface area contributed by atoms with Gasteiger partial charge in [0.25, 0.3) is 0 Å². The Bertz CT molecular complexity index is 799. The number of carbonyl (C=O) groups is 1. The van der Waals surface area contributed by atoms with E-state index < -0.39 is 0 Å². The summed E-state index contributed by atoms with van der Waals surface area (Å²) in [5, 5.41) is 8.39. The molecule has 0 bridgehead atoms. The second-order valence-corrected chi connectivity index (χ2v) is 7.12. The van der Waals surface area contributed by atoms with Crippen LogP contribution < -0.4 is 0 Å². The zero-order valence-electron chi connectivity index (χ0n) is 12.0. The van der Waals surface area contributed by atoms with E-state index in [1.165, 1.54) is 28.8 Å². The average molecular weight is 345 g/mol. The third-order valence-electron chi connectivity index (χ3n) is 3.77. The molecule has 0 spiro atoms. The largest absolute Gasteiger partial charge is 0.307 e. The van der Waals surface area contributed by atoms with Crippen molar-refractivity contribution in [1.82, 2.24) is 5.01 Å². The first-order valence-corrected chi connectivity index (χ1v) is 8.97. The quantitative estimate of drug-likeness (QED) is 0.815. The smallest absolute Gasteiger partial charge is 0.259 e. The van der Waals surface area contributed by atoms with Gasteiger partial charge in [-0.15, -0.1) is 11.3 Å². The predicted octanol–water partition coefficient (Wildman–Crippen LogP) is 4.30. The molecule has 2 aromatic rings. The van der Waals surface area contributed by atoms with Gasteiger partial charge in [0.05, 0.1) is 17.5 Å². The fourth-order valence-corrected chi connectivity index (χ4v) is 4.11. The molecule has 0 aliphatic carbocycles. The maximum atomic E-state index is 13.1. The number of halogens is 1. The second-order valence-electron chi connectivity index (χ2n) is 5.22. The second kappa shape index (κ2) is 5.90. The molecule has 7 heteroatoms. The number of amides is 1. The zero-order valence-corrected chi connectivity index (χ0v) is 13.6. The number of aliphatic imine (C=N–C) groups is 1. The summed E-state index contributed by atoms with van der Waals surface area (Å²) in [4.78, 5) is 16.7. The number of hydrogen-bond donors (Lipinski definition) is 0. The summed E-state index contributed by atoms with van der Waals surface area (Å²) < 4.78 is 13.1. The van der Waals surface area contributed by atoms with Crippen LogP contribution in [0, 0.1) is 5.82 Å². The molecule has 1 atom stereocenters. The van der Waals surface area contributed by atoms with E-state index in [-0.39, 0.29) is 17.1 Å². The monoisotopic (exact) mass is 345 g/mol. The molecule has 1 aromatic heterocycles. The minimum Gasteiger partial charge on any atom is -0.259 e. The molecule has 3 heterocycles. The Morgan fingerprint density at radius 2 is 2.04 bits per heavy atom. The van der Waals surface area contributed by atoms with Crippen LogP contribution in [0.1, 0.15) is 22.9 Å². The summed E-state index contributed by atoms with van der Waals surface area (Å²) in [7, 11) is 0. The molecule has 0 fully saturated rings. The van der Waals surface area contributed by atoms with Gasteiger partial charge < -0.3 is 0 Å². The first-order chi connectivity index (χ1) is 11.2. The van der Waals surface area contributed by atoms with E-state index in [0.717, 1.165) is 11.3 Å². The topological polar surface area (TPSA) is 45.0 Å². The van der Waals surface area contributed by atoms with Crippen molar-refractivity contribution in [2.45, 2.75) is 12.5 Å². The van der Waals surface area contributed by atoms with Gasteiger partial charge in [0.2, 0.25) is 0 Å². The van der Waals surface area contributed by atoms with Crippen LogP contribution in [0.25, 0.3) is 0 Å². The van der Waals surface area contributed by atoms with Crippen LogP contribution in [-0.4, -0.2) is 27.5 Å². The number of benzene rings is 1. The minimum absolute atomic E-state index is 0.0419. The molecule has 4 nitrogen and oxygen atoms in total. The summed E-state index contributed by atoms with van der Waals surface area (Å²) in [6.07, 6.45) is 0.712. The minimum atomic E-state index is -0.263. The van der Waals surface area contributed by atoms with Gasteiger partial charge in [-0.3, -0.25) is 4.79 Å². The molecule has 1 unspecified atom stereocenters. The Morgan fingerprint density at radius 1 is 1.22 bits per heavy atom. The summed E-state index contributed by atoms with van der Waals surface area (Å²) in [5.41, 5.74) is 1.78. The highest BCUT2D eigenvalue weighted by Gasteiger charge is 2.34. The Kier molecular flexibility index (Phi) is 3.74. The van der Waals surface area contributed by atoms with Crippen LogP contribution in [0.15, 0.2) is 51.9 Å². The first-order valence-electron chi connectivity index (χ1n) is 7.11. The lowest BCUT2D eigenvalue weighted by molar-refractivity contribution is 0.267. The van der Waals surface area contributed by atoms with Crippen molar-refractivity contribution in [3.8, 4) is 0 Å². The van der Waals surface area contributed by atoms with Gasteiger partial charge in [0, 0.05) is 11.3 Å². The number of thioether (sulfide) groups is 1. The highest BCUT2D eigenvalue weighted by Crippen LogP contribution is 2.36. The molecule has 0 radical (unpaired) electrons. The molecular formula is C16H12FN3OS2. The van der Waals surface area contributed by atoms with E-state index in [1.807, 2.05) is 16.5 Å². The summed E-state index contributed by atoms with van der Waals surface area (Å²) in [6.45, 7) is 0. The van der Waals surface area contributed by atoms with Gasteiger partial charge >= 0.3 is 5.24 Å². The Labute approximate surface area is 140 Å². The third kappa shape index (κ3) is 2.82. The lowest BCUT2D eigenvalue weighted by Crippen LogP contribution is -2.26. The van der Waals surface area contributed by atoms with Gasteiger partial charge in [-0.25, -0.2) is 9.40 Å². The van der Waals surface area contributed by atoms with Crippen LogP contribution >= 0.6 is 23.1 Å². The maximum absolute atomic E-state index is 13.1. The molecule has 0 saturated heterocycles. The number of hydrogen-bond acceptors (Lipinski definition) is 5. The lowest BCUT2D eigenvalue weighted by atomic mass is 10.0. The standard InChI is InChI=1S/C16H12FN3OS2/c17-11-5-3-10(4-6-11)12-8-13(14-2-1-7-22-14)20(19-12)15-9-23-16(21)18-15/h1-7,13H,8-9H2. The molecule has 2 aliphatic heterocycles. The zero-order chi connectivity index (χ0) is 15.8. The van der Waals surface area contributed by atoms with Crippen molar-refractivity contribution in [2.24, 2.45) is 10.1 Å². The Balaban J connectivity index is 1.70. The number of carbonyl (C=O) groups excluding carboxylic acids is 1. The molecule has 1 aromatic carbocycles. The molecule has 4 rings (SSSR count). The molecule has 0 N–H and O–H groups in total. The summed E-state index contributed by atoms with van der Waals surface area (Å²) in [6, 6.07) is 10.5. The van der Waals surface area contributed by atoms with Crippen molar-refractivity contribution < 1.29 is 9.18 Å². The molecule has 1 amide bonds. The van der Waals surface area contributed by atoms with Gasteiger partial charge in [-0.2, -0.15) is 10.1 Å². The van der Waals surface area contributed by atoms with E-state index in [9.17, 15) is 9.18 Å². The van der Waals surface area contributed by atoms with Crippen LogP contribution in [0.5, 0.6) is 0 Å². The normalized spacial score (nSPS) is 20.8. The van der Waals surface area contributed by atoms with Crippen molar-refractivity contribution in [3.05, 3.63) is 58.0 Å². The third-order valence-corrected chi connectivity index (χ3v) is 5.48. The van der Waals surface area contributed by atoms with Gasteiger partial charge in [-0.1, -0.05) is 30.0 Å². The maximum Gasteiger partial charge on any atom is 0.307 e. The first kappa shape index (κ1) is 14.6. The number of thiophene rings is 1. The number of rotatable bonds is 2. The fraction of sp³-hybridized carbons (Fsp3) is 0.188. The molecular weight excluding hydrogens is 333 g/mol.